The van der Waals surface area contributed by atoms with E-state index in [1.165, 1.54) is 5.57 Å². The molecule has 6 rings (SSSR count). The summed E-state index contributed by atoms with van der Waals surface area (Å²) in [7, 11) is 0. The topological polar surface area (TPSA) is 54.0 Å². The van der Waals surface area contributed by atoms with Crippen LogP contribution in [0.15, 0.2) is 11.6 Å². The second-order valence-corrected chi connectivity index (χ2v) is 10.5. The van der Waals surface area contributed by atoms with Gasteiger partial charge in [0, 0.05) is 37.0 Å². The molecule has 2 heterocycles. The van der Waals surface area contributed by atoms with Crippen LogP contribution in [0.5, 0.6) is 0 Å². The number of rotatable bonds is 0. The Morgan fingerprint density at radius 3 is 2.39 bits per heavy atom. The number of carbonyl (C=O) groups excluding carboxylic acids is 1. The normalized spacial score (nSPS) is 48.4. The molecular formula is C23H32O5. The third kappa shape index (κ3) is 2.09. The van der Waals surface area contributed by atoms with Gasteiger partial charge < -0.3 is 18.9 Å². The number of carbonyl (C=O) groups is 1. The summed E-state index contributed by atoms with van der Waals surface area (Å²) >= 11 is 0. The molecular weight excluding hydrogens is 356 g/mol. The molecule has 2 aliphatic heterocycles. The number of hydrogen-bond donors (Lipinski definition) is 0. The lowest BCUT2D eigenvalue weighted by Crippen LogP contribution is -2.59. The summed E-state index contributed by atoms with van der Waals surface area (Å²) in [5.41, 5.74) is 1.17. The maximum absolute atomic E-state index is 13.7. The fourth-order valence-corrected chi connectivity index (χ4v) is 8.06. The van der Waals surface area contributed by atoms with Crippen molar-refractivity contribution in [3.8, 4) is 0 Å². The van der Waals surface area contributed by atoms with Crippen molar-refractivity contribution in [3.63, 3.8) is 0 Å². The van der Waals surface area contributed by atoms with Crippen molar-refractivity contribution < 1.29 is 23.7 Å². The highest BCUT2D eigenvalue weighted by molar-refractivity contribution is 5.85. The lowest BCUT2D eigenvalue weighted by atomic mass is 9.47. The molecule has 5 atom stereocenters. The van der Waals surface area contributed by atoms with Gasteiger partial charge in [0.1, 0.15) is 5.78 Å². The molecule has 154 valence electrons. The number of ether oxygens (including phenoxy) is 4. The minimum atomic E-state index is -0.522. The van der Waals surface area contributed by atoms with Crippen molar-refractivity contribution in [2.24, 2.45) is 28.6 Å². The third-order valence-electron chi connectivity index (χ3n) is 9.42. The first-order chi connectivity index (χ1) is 13.4. The third-order valence-corrected chi connectivity index (χ3v) is 9.42. The van der Waals surface area contributed by atoms with Crippen LogP contribution in [-0.4, -0.2) is 43.8 Å². The van der Waals surface area contributed by atoms with Crippen molar-refractivity contribution in [2.45, 2.75) is 70.4 Å². The van der Waals surface area contributed by atoms with Gasteiger partial charge in [0.15, 0.2) is 11.6 Å². The van der Waals surface area contributed by atoms with Crippen molar-refractivity contribution in [2.75, 3.05) is 26.4 Å². The number of ketones is 1. The zero-order valence-electron chi connectivity index (χ0n) is 17.1. The van der Waals surface area contributed by atoms with E-state index >= 15 is 0 Å². The molecule has 28 heavy (non-hydrogen) atoms. The van der Waals surface area contributed by atoms with E-state index in [1.807, 2.05) is 0 Å². The average molecular weight is 389 g/mol. The molecule has 0 amide bonds. The first-order valence-electron chi connectivity index (χ1n) is 11.2. The van der Waals surface area contributed by atoms with Crippen LogP contribution in [-0.2, 0) is 23.7 Å². The molecule has 5 nitrogen and oxygen atoms in total. The molecule has 0 radical (unpaired) electrons. The van der Waals surface area contributed by atoms with Crippen molar-refractivity contribution in [1.29, 1.82) is 0 Å². The van der Waals surface area contributed by atoms with E-state index in [0.717, 1.165) is 38.5 Å². The lowest BCUT2D eigenvalue weighted by molar-refractivity contribution is -0.239. The molecule has 4 aliphatic carbocycles. The monoisotopic (exact) mass is 388 g/mol. The van der Waals surface area contributed by atoms with Gasteiger partial charge in [-0.05, 0) is 36.5 Å². The quantitative estimate of drug-likeness (QED) is 0.594. The number of fused-ring (bicyclic) bond motifs is 6. The summed E-state index contributed by atoms with van der Waals surface area (Å²) in [6, 6.07) is 0. The summed E-state index contributed by atoms with van der Waals surface area (Å²) in [4.78, 5) is 13.7. The highest BCUT2D eigenvalue weighted by atomic mass is 16.7. The van der Waals surface area contributed by atoms with Gasteiger partial charge in [0.2, 0.25) is 0 Å². The molecule has 5 fully saturated rings. The lowest BCUT2D eigenvalue weighted by Gasteiger charge is -2.58. The van der Waals surface area contributed by atoms with E-state index in [4.69, 9.17) is 18.9 Å². The Labute approximate surface area is 167 Å². The first kappa shape index (κ1) is 18.1. The van der Waals surface area contributed by atoms with E-state index in [1.54, 1.807) is 0 Å². The van der Waals surface area contributed by atoms with Crippen LogP contribution in [0.4, 0.5) is 0 Å². The number of Topliss-reactive ketones (excluding diaryl/α,β-unsaturated/α-hetero) is 1. The summed E-state index contributed by atoms with van der Waals surface area (Å²) in [5, 5.41) is 0. The average Bonchev–Trinajstić information content (AvgIpc) is 3.38. The van der Waals surface area contributed by atoms with Gasteiger partial charge in [-0.3, -0.25) is 4.79 Å². The maximum atomic E-state index is 13.7. The van der Waals surface area contributed by atoms with Crippen LogP contribution in [0.2, 0.25) is 0 Å². The van der Waals surface area contributed by atoms with Gasteiger partial charge in [-0.2, -0.15) is 0 Å². The Bertz CT molecular complexity index is 731. The predicted molar refractivity (Wildman–Crippen MR) is 101 cm³/mol. The van der Waals surface area contributed by atoms with E-state index in [-0.39, 0.29) is 16.7 Å². The fourth-order valence-electron chi connectivity index (χ4n) is 8.06. The van der Waals surface area contributed by atoms with Crippen LogP contribution in [0.3, 0.4) is 0 Å². The molecule has 0 aromatic heterocycles. The van der Waals surface area contributed by atoms with Crippen molar-refractivity contribution in [3.05, 3.63) is 11.6 Å². The van der Waals surface area contributed by atoms with E-state index in [2.05, 4.69) is 19.9 Å². The van der Waals surface area contributed by atoms with Gasteiger partial charge in [0.25, 0.3) is 0 Å². The number of allylic oxidation sites excluding steroid dienone is 1. The standard InChI is InChI=1S/C23H32O5/c1-20-7-8-22(25-9-10-26-22)13-15(20)3-4-16-17-5-6-23(27-11-12-28-23)21(17,2)14-18(24)19(16)20/h3,16-17,19H,4-14H2,1-2H3/t16-,17-,19+,20+,21-/m1/s1. The van der Waals surface area contributed by atoms with Crippen molar-refractivity contribution in [1.82, 2.24) is 0 Å². The molecule has 0 N–H and O–H groups in total. The van der Waals surface area contributed by atoms with Crippen LogP contribution >= 0.6 is 0 Å². The first-order valence-corrected chi connectivity index (χ1v) is 11.2. The highest BCUT2D eigenvalue weighted by Gasteiger charge is 2.69. The molecule has 2 spiro atoms. The summed E-state index contributed by atoms with van der Waals surface area (Å²) < 4.78 is 24.4. The molecule has 5 heteroatoms. The fraction of sp³-hybridized carbons (Fsp3) is 0.870. The van der Waals surface area contributed by atoms with E-state index in [9.17, 15) is 4.79 Å². The van der Waals surface area contributed by atoms with Gasteiger partial charge in [0.05, 0.1) is 26.4 Å². The highest BCUT2D eigenvalue weighted by Crippen LogP contribution is 2.68. The van der Waals surface area contributed by atoms with E-state index in [0.29, 0.717) is 50.5 Å². The van der Waals surface area contributed by atoms with Gasteiger partial charge >= 0.3 is 0 Å². The van der Waals surface area contributed by atoms with Gasteiger partial charge in [-0.25, -0.2) is 0 Å². The summed E-state index contributed by atoms with van der Waals surface area (Å²) in [6.07, 6.45) is 8.78. The molecule has 0 unspecified atom stereocenters. The second kappa shape index (κ2) is 5.69. The van der Waals surface area contributed by atoms with Crippen LogP contribution < -0.4 is 0 Å². The minimum absolute atomic E-state index is 0.0466. The SMILES string of the molecule is C[C@]12CCC3(CC1=CC[C@H]1[C@H]2C(=O)C[C@]2(C)[C@@H]1CCC21OCCO1)OCCO3. The van der Waals surface area contributed by atoms with Crippen molar-refractivity contribution >= 4 is 5.78 Å². The molecule has 2 saturated heterocycles. The maximum Gasteiger partial charge on any atom is 0.174 e. The smallest absolute Gasteiger partial charge is 0.174 e. The molecule has 6 aliphatic rings. The molecule has 0 aromatic rings. The van der Waals surface area contributed by atoms with Gasteiger partial charge in [-0.1, -0.05) is 25.5 Å². The second-order valence-electron chi connectivity index (χ2n) is 10.5. The predicted octanol–water partition coefficient (Wildman–Crippen LogP) is 3.61. The number of hydrogen-bond acceptors (Lipinski definition) is 5. The molecule has 0 bridgehead atoms. The molecule has 0 aromatic carbocycles. The Morgan fingerprint density at radius 2 is 1.64 bits per heavy atom. The van der Waals surface area contributed by atoms with Crippen LogP contribution in [0.25, 0.3) is 0 Å². The van der Waals surface area contributed by atoms with Crippen LogP contribution in [0, 0.1) is 28.6 Å². The molecule has 3 saturated carbocycles. The summed E-state index contributed by atoms with van der Waals surface area (Å²) in [5.74, 6) is 0.519. The van der Waals surface area contributed by atoms with E-state index < -0.39 is 11.6 Å². The zero-order chi connectivity index (χ0) is 19.2. The van der Waals surface area contributed by atoms with Crippen LogP contribution in [0.1, 0.15) is 58.8 Å². The summed E-state index contributed by atoms with van der Waals surface area (Å²) in [6.45, 7) is 7.31. The minimum Gasteiger partial charge on any atom is -0.347 e. The Kier molecular flexibility index (Phi) is 3.67. The largest absolute Gasteiger partial charge is 0.347 e. The Balaban J connectivity index is 1.36. The Morgan fingerprint density at radius 1 is 0.929 bits per heavy atom. The van der Waals surface area contributed by atoms with Gasteiger partial charge in [-0.15, -0.1) is 0 Å². The zero-order valence-corrected chi connectivity index (χ0v) is 17.1. The Hall–Kier alpha value is -0.750.